The van der Waals surface area contributed by atoms with E-state index < -0.39 is 0 Å². The Kier molecular flexibility index (Phi) is 4.16. The summed E-state index contributed by atoms with van der Waals surface area (Å²) in [7, 11) is 0. The fourth-order valence-electron chi connectivity index (χ4n) is 1.39. The first-order valence-corrected chi connectivity index (χ1v) is 5.59. The second-order valence-electron chi connectivity index (χ2n) is 4.15. The number of carbonyl (C=O) groups is 1. The molecule has 1 rings (SSSR count). The average molecular weight is 234 g/mol. The van der Waals surface area contributed by atoms with Gasteiger partial charge >= 0.3 is 0 Å². The van der Waals surface area contributed by atoms with Crippen LogP contribution in [0.15, 0.2) is 6.20 Å². The lowest BCUT2D eigenvalue weighted by molar-refractivity contribution is 0.0933. The molecule has 0 spiro atoms. The van der Waals surface area contributed by atoms with Crippen LogP contribution in [0.5, 0.6) is 0 Å². The standard InChI is InChI=1S/C12H18N4O/c1-5-10(8(3)4)14-12(17)11-9(13)7-16(6-2)15-11/h1,7-8,10H,6,13H2,2-4H3,(H,14,17). The maximum Gasteiger partial charge on any atom is 0.274 e. The topological polar surface area (TPSA) is 72.9 Å². The molecule has 1 atom stereocenters. The molecular weight excluding hydrogens is 216 g/mol. The highest BCUT2D eigenvalue weighted by atomic mass is 16.2. The van der Waals surface area contributed by atoms with Gasteiger partial charge in [0.1, 0.15) is 0 Å². The lowest BCUT2D eigenvalue weighted by Crippen LogP contribution is -2.37. The van der Waals surface area contributed by atoms with E-state index in [1.54, 1.807) is 10.9 Å². The molecule has 0 aliphatic carbocycles. The maximum absolute atomic E-state index is 11.9. The third kappa shape index (κ3) is 3.00. The largest absolute Gasteiger partial charge is 0.396 e. The summed E-state index contributed by atoms with van der Waals surface area (Å²) in [6, 6.07) is -0.311. The van der Waals surface area contributed by atoms with Crippen LogP contribution in [0.2, 0.25) is 0 Å². The van der Waals surface area contributed by atoms with Crippen LogP contribution in [0.3, 0.4) is 0 Å². The molecule has 0 aromatic carbocycles. The molecule has 1 amide bonds. The smallest absolute Gasteiger partial charge is 0.274 e. The zero-order valence-electron chi connectivity index (χ0n) is 10.4. The van der Waals surface area contributed by atoms with Crippen molar-refractivity contribution in [1.82, 2.24) is 15.1 Å². The van der Waals surface area contributed by atoms with Crippen LogP contribution in [0.4, 0.5) is 5.69 Å². The number of amides is 1. The van der Waals surface area contributed by atoms with Crippen molar-refractivity contribution in [2.75, 3.05) is 5.73 Å². The number of terminal acetylenes is 1. The Balaban J connectivity index is 2.83. The lowest BCUT2D eigenvalue weighted by atomic mass is 10.1. The van der Waals surface area contributed by atoms with Crippen LogP contribution in [0.25, 0.3) is 0 Å². The number of nitrogens with two attached hydrogens (primary N) is 1. The molecule has 92 valence electrons. The van der Waals surface area contributed by atoms with Crippen molar-refractivity contribution in [3.8, 4) is 12.3 Å². The van der Waals surface area contributed by atoms with Crippen LogP contribution < -0.4 is 11.1 Å². The fraction of sp³-hybridized carbons (Fsp3) is 0.500. The third-order valence-electron chi connectivity index (χ3n) is 2.46. The number of nitrogens with one attached hydrogen (secondary N) is 1. The Morgan fingerprint density at radius 1 is 1.71 bits per heavy atom. The van der Waals surface area contributed by atoms with Gasteiger partial charge in [-0.3, -0.25) is 9.48 Å². The van der Waals surface area contributed by atoms with Crippen molar-refractivity contribution < 1.29 is 4.79 Å². The van der Waals surface area contributed by atoms with Crippen molar-refractivity contribution in [1.29, 1.82) is 0 Å². The average Bonchev–Trinajstić information content (AvgIpc) is 2.66. The monoisotopic (exact) mass is 234 g/mol. The van der Waals surface area contributed by atoms with Gasteiger partial charge in [-0.15, -0.1) is 6.42 Å². The summed E-state index contributed by atoms with van der Waals surface area (Å²) in [5, 5.41) is 6.82. The van der Waals surface area contributed by atoms with Crippen molar-refractivity contribution in [3.05, 3.63) is 11.9 Å². The predicted octanol–water partition coefficient (Wildman–Crippen LogP) is 0.873. The highest BCUT2D eigenvalue weighted by Crippen LogP contribution is 2.10. The third-order valence-corrected chi connectivity index (χ3v) is 2.46. The molecule has 17 heavy (non-hydrogen) atoms. The summed E-state index contributed by atoms with van der Waals surface area (Å²) in [5.74, 6) is 2.37. The summed E-state index contributed by atoms with van der Waals surface area (Å²) in [6.45, 7) is 6.48. The first-order chi connectivity index (χ1) is 7.99. The van der Waals surface area contributed by atoms with E-state index in [2.05, 4.69) is 16.3 Å². The Labute approximate surface area is 101 Å². The molecule has 1 aromatic rings. The van der Waals surface area contributed by atoms with Gasteiger partial charge in [-0.05, 0) is 12.8 Å². The Morgan fingerprint density at radius 2 is 2.35 bits per heavy atom. The number of aromatic nitrogens is 2. The number of carbonyl (C=O) groups excluding carboxylic acids is 1. The van der Waals surface area contributed by atoms with E-state index in [9.17, 15) is 4.79 Å². The number of aryl methyl sites for hydroxylation is 1. The van der Waals surface area contributed by atoms with Gasteiger partial charge in [0, 0.05) is 12.7 Å². The molecule has 1 unspecified atom stereocenters. The second-order valence-corrected chi connectivity index (χ2v) is 4.15. The summed E-state index contributed by atoms with van der Waals surface area (Å²) in [5.41, 5.74) is 6.31. The van der Waals surface area contributed by atoms with Crippen molar-refractivity contribution in [2.24, 2.45) is 5.92 Å². The van der Waals surface area contributed by atoms with Crippen LogP contribution in [-0.4, -0.2) is 21.7 Å². The molecule has 0 saturated heterocycles. The Morgan fingerprint density at radius 3 is 2.76 bits per heavy atom. The molecule has 3 N–H and O–H groups in total. The minimum Gasteiger partial charge on any atom is -0.396 e. The van der Waals surface area contributed by atoms with Crippen molar-refractivity contribution >= 4 is 11.6 Å². The maximum atomic E-state index is 11.9. The second kappa shape index (κ2) is 5.39. The first kappa shape index (κ1) is 13.1. The number of nitrogen functional groups attached to an aromatic ring is 1. The number of anilines is 1. The van der Waals surface area contributed by atoms with Gasteiger partial charge in [0.05, 0.1) is 11.7 Å². The van der Waals surface area contributed by atoms with Gasteiger partial charge < -0.3 is 11.1 Å². The molecule has 0 radical (unpaired) electrons. The van der Waals surface area contributed by atoms with Crippen molar-refractivity contribution in [3.63, 3.8) is 0 Å². The summed E-state index contributed by atoms with van der Waals surface area (Å²) < 4.78 is 1.62. The van der Waals surface area contributed by atoms with Crippen LogP contribution in [0.1, 0.15) is 31.3 Å². The first-order valence-electron chi connectivity index (χ1n) is 5.59. The van der Waals surface area contributed by atoms with E-state index in [-0.39, 0.29) is 23.6 Å². The van der Waals surface area contributed by atoms with Crippen LogP contribution in [0, 0.1) is 18.3 Å². The highest BCUT2D eigenvalue weighted by Gasteiger charge is 2.19. The van der Waals surface area contributed by atoms with Gasteiger partial charge in [-0.1, -0.05) is 19.8 Å². The molecule has 0 saturated carbocycles. The van der Waals surface area contributed by atoms with E-state index in [0.29, 0.717) is 12.2 Å². The van der Waals surface area contributed by atoms with Crippen LogP contribution >= 0.6 is 0 Å². The van der Waals surface area contributed by atoms with E-state index in [1.165, 1.54) is 0 Å². The summed E-state index contributed by atoms with van der Waals surface area (Å²) in [4.78, 5) is 11.9. The number of rotatable bonds is 4. The van der Waals surface area contributed by atoms with E-state index in [0.717, 1.165) is 0 Å². The minimum atomic E-state index is -0.327. The number of nitrogens with zero attached hydrogens (tertiary/aromatic N) is 2. The van der Waals surface area contributed by atoms with Crippen molar-refractivity contribution in [2.45, 2.75) is 33.4 Å². The molecule has 0 aliphatic heterocycles. The quantitative estimate of drug-likeness (QED) is 0.759. The number of hydrogen-bond donors (Lipinski definition) is 2. The molecule has 0 fully saturated rings. The van der Waals surface area contributed by atoms with E-state index in [1.807, 2.05) is 20.8 Å². The van der Waals surface area contributed by atoms with Gasteiger partial charge in [0.25, 0.3) is 5.91 Å². The normalized spacial score (nSPS) is 12.2. The Hall–Kier alpha value is -1.96. The van der Waals surface area contributed by atoms with Gasteiger partial charge in [0.2, 0.25) is 0 Å². The molecule has 5 nitrogen and oxygen atoms in total. The molecule has 1 heterocycles. The highest BCUT2D eigenvalue weighted by molar-refractivity contribution is 5.97. The molecular formula is C12H18N4O. The van der Waals surface area contributed by atoms with Crippen LogP contribution in [-0.2, 0) is 6.54 Å². The van der Waals surface area contributed by atoms with Gasteiger partial charge in [-0.25, -0.2) is 0 Å². The van der Waals surface area contributed by atoms with Gasteiger partial charge in [-0.2, -0.15) is 5.10 Å². The Bertz CT molecular complexity index is 442. The molecule has 0 aliphatic rings. The summed E-state index contributed by atoms with van der Waals surface area (Å²) in [6.07, 6.45) is 6.98. The molecule has 1 aromatic heterocycles. The molecule has 5 heteroatoms. The zero-order valence-corrected chi connectivity index (χ0v) is 10.4. The van der Waals surface area contributed by atoms with Gasteiger partial charge in [0.15, 0.2) is 5.69 Å². The van der Waals surface area contributed by atoms with E-state index >= 15 is 0 Å². The number of hydrogen-bond acceptors (Lipinski definition) is 3. The fourth-order valence-corrected chi connectivity index (χ4v) is 1.39. The predicted molar refractivity (Wildman–Crippen MR) is 67.2 cm³/mol. The van der Waals surface area contributed by atoms with E-state index in [4.69, 9.17) is 12.2 Å². The minimum absolute atomic E-state index is 0.165. The SMILES string of the molecule is C#CC(NC(=O)c1nn(CC)cc1N)C(C)C. The zero-order chi connectivity index (χ0) is 13.0. The molecule has 0 bridgehead atoms. The lowest BCUT2D eigenvalue weighted by Gasteiger charge is -2.15. The summed E-state index contributed by atoms with van der Waals surface area (Å²) >= 11 is 0.